The maximum Gasteiger partial charge on any atom is 0.338 e. The summed E-state index contributed by atoms with van der Waals surface area (Å²) in [5, 5.41) is 10.6. The Morgan fingerprint density at radius 1 is 1.04 bits per heavy atom. The molecule has 0 aliphatic rings. The molecule has 0 saturated heterocycles. The van der Waals surface area contributed by atoms with Crippen LogP contribution in [0, 0.1) is 10.1 Å². The van der Waals surface area contributed by atoms with E-state index in [-0.39, 0.29) is 17.0 Å². The number of rotatable bonds is 5. The molecule has 2 aromatic carbocycles. The van der Waals surface area contributed by atoms with Crippen molar-refractivity contribution >= 4 is 33.4 Å². The number of esters is 1. The lowest BCUT2D eigenvalue weighted by Crippen LogP contribution is -2.24. The van der Waals surface area contributed by atoms with Gasteiger partial charge in [-0.15, -0.1) is 0 Å². The second kappa shape index (κ2) is 7.15. The number of non-ortho nitro benzene ring substituents is 1. The molecular formula is C16H12BrNO5. The molecule has 2 aromatic rings. The minimum Gasteiger partial charge on any atom is -0.451 e. The zero-order chi connectivity index (χ0) is 17.0. The van der Waals surface area contributed by atoms with E-state index in [4.69, 9.17) is 4.74 Å². The van der Waals surface area contributed by atoms with Crippen LogP contribution in [0.15, 0.2) is 53.0 Å². The molecule has 0 aliphatic heterocycles. The van der Waals surface area contributed by atoms with Gasteiger partial charge in [-0.05, 0) is 31.2 Å². The fraction of sp³-hybridized carbons (Fsp3) is 0.125. The van der Waals surface area contributed by atoms with Gasteiger partial charge in [-0.25, -0.2) is 4.79 Å². The Kier molecular flexibility index (Phi) is 5.23. The molecule has 118 valence electrons. The smallest absolute Gasteiger partial charge is 0.338 e. The number of carbonyl (C=O) groups is 2. The van der Waals surface area contributed by atoms with Crippen molar-refractivity contribution in [3.8, 4) is 0 Å². The number of benzene rings is 2. The van der Waals surface area contributed by atoms with E-state index < -0.39 is 17.0 Å². The highest BCUT2D eigenvalue weighted by molar-refractivity contribution is 9.10. The molecule has 0 fully saturated rings. The molecule has 0 heterocycles. The van der Waals surface area contributed by atoms with Crippen LogP contribution in [0.25, 0.3) is 0 Å². The van der Waals surface area contributed by atoms with Gasteiger partial charge in [0.25, 0.3) is 5.69 Å². The van der Waals surface area contributed by atoms with Gasteiger partial charge in [0.2, 0.25) is 5.78 Å². The number of hydrogen-bond donors (Lipinski definition) is 0. The third-order valence-electron chi connectivity index (χ3n) is 3.10. The van der Waals surface area contributed by atoms with Crippen molar-refractivity contribution in [2.75, 3.05) is 0 Å². The molecule has 6 nitrogen and oxygen atoms in total. The monoisotopic (exact) mass is 377 g/mol. The Labute approximate surface area is 140 Å². The van der Waals surface area contributed by atoms with Crippen molar-refractivity contribution in [2.45, 2.75) is 13.0 Å². The topological polar surface area (TPSA) is 86.5 Å². The van der Waals surface area contributed by atoms with E-state index in [1.54, 1.807) is 24.3 Å². The first kappa shape index (κ1) is 16.8. The van der Waals surface area contributed by atoms with Crippen LogP contribution in [0.5, 0.6) is 0 Å². The highest BCUT2D eigenvalue weighted by Crippen LogP contribution is 2.16. The van der Waals surface area contributed by atoms with E-state index >= 15 is 0 Å². The summed E-state index contributed by atoms with van der Waals surface area (Å²) in [7, 11) is 0. The molecule has 7 heteroatoms. The molecule has 0 bridgehead atoms. The summed E-state index contributed by atoms with van der Waals surface area (Å²) < 4.78 is 5.95. The molecule has 2 rings (SSSR count). The SMILES string of the molecule is C[C@H](OC(=O)c1ccc([N+](=O)[O-])cc1)C(=O)c1ccc(Br)cc1. The van der Waals surface area contributed by atoms with Gasteiger partial charge < -0.3 is 4.74 Å². The molecule has 0 aliphatic carbocycles. The van der Waals surface area contributed by atoms with Gasteiger partial charge in [-0.1, -0.05) is 28.1 Å². The predicted octanol–water partition coefficient (Wildman–Crippen LogP) is 3.79. The quantitative estimate of drug-likeness (QED) is 0.342. The average molecular weight is 378 g/mol. The van der Waals surface area contributed by atoms with Gasteiger partial charge in [0.1, 0.15) is 0 Å². The molecule has 0 amide bonds. The average Bonchev–Trinajstić information content (AvgIpc) is 2.54. The summed E-state index contributed by atoms with van der Waals surface area (Å²) in [6.45, 7) is 1.48. The van der Waals surface area contributed by atoms with Crippen LogP contribution in [0.3, 0.4) is 0 Å². The lowest BCUT2D eigenvalue weighted by atomic mass is 10.1. The summed E-state index contributed by atoms with van der Waals surface area (Å²) in [6, 6.07) is 11.7. The number of carbonyl (C=O) groups excluding carboxylic acids is 2. The van der Waals surface area contributed by atoms with E-state index in [1.807, 2.05) is 0 Å². The molecule has 23 heavy (non-hydrogen) atoms. The van der Waals surface area contributed by atoms with Crippen LogP contribution in [0.1, 0.15) is 27.6 Å². The van der Waals surface area contributed by atoms with Crippen LogP contribution in [-0.2, 0) is 4.74 Å². The van der Waals surface area contributed by atoms with Gasteiger partial charge >= 0.3 is 5.97 Å². The largest absolute Gasteiger partial charge is 0.451 e. The van der Waals surface area contributed by atoms with E-state index in [0.717, 1.165) is 4.47 Å². The van der Waals surface area contributed by atoms with E-state index in [1.165, 1.54) is 31.2 Å². The third-order valence-corrected chi connectivity index (χ3v) is 3.62. The number of nitro groups is 1. The second-order valence-corrected chi connectivity index (χ2v) is 5.64. The zero-order valence-corrected chi connectivity index (χ0v) is 13.6. The Morgan fingerprint density at radius 3 is 2.09 bits per heavy atom. The number of hydrogen-bond acceptors (Lipinski definition) is 5. The molecular weight excluding hydrogens is 366 g/mol. The first-order chi connectivity index (χ1) is 10.9. The normalized spacial score (nSPS) is 11.6. The van der Waals surface area contributed by atoms with Gasteiger partial charge in [-0.3, -0.25) is 14.9 Å². The minimum absolute atomic E-state index is 0.125. The van der Waals surface area contributed by atoms with Gasteiger partial charge in [0.15, 0.2) is 6.10 Å². The number of nitro benzene ring substituents is 1. The molecule has 0 saturated carbocycles. The van der Waals surface area contributed by atoms with E-state index in [0.29, 0.717) is 5.56 Å². The highest BCUT2D eigenvalue weighted by Gasteiger charge is 2.20. The van der Waals surface area contributed by atoms with Crippen LogP contribution in [0.4, 0.5) is 5.69 Å². The summed E-state index contributed by atoms with van der Waals surface area (Å²) in [6.07, 6.45) is -0.959. The summed E-state index contributed by atoms with van der Waals surface area (Å²) in [5.41, 5.74) is 0.448. The second-order valence-electron chi connectivity index (χ2n) is 4.72. The number of Topliss-reactive ketones (excluding diaryl/α,β-unsaturated/α-hetero) is 1. The molecule has 0 unspecified atom stereocenters. The maximum atomic E-state index is 12.2. The van der Waals surface area contributed by atoms with Crippen molar-refractivity contribution < 1.29 is 19.2 Å². The Hall–Kier alpha value is -2.54. The lowest BCUT2D eigenvalue weighted by Gasteiger charge is -2.12. The molecule has 0 N–H and O–H groups in total. The zero-order valence-electron chi connectivity index (χ0n) is 12.1. The standard InChI is InChI=1S/C16H12BrNO5/c1-10(15(19)11-2-6-13(17)7-3-11)23-16(20)12-4-8-14(9-5-12)18(21)22/h2-10H,1H3/t10-/m0/s1. The van der Waals surface area contributed by atoms with Crippen molar-refractivity contribution in [3.05, 3.63) is 74.2 Å². The first-order valence-electron chi connectivity index (χ1n) is 6.63. The van der Waals surface area contributed by atoms with Gasteiger partial charge in [0.05, 0.1) is 10.5 Å². The van der Waals surface area contributed by atoms with Crippen molar-refractivity contribution in [2.24, 2.45) is 0 Å². The van der Waals surface area contributed by atoms with Crippen LogP contribution in [-0.4, -0.2) is 22.8 Å². The van der Waals surface area contributed by atoms with Crippen molar-refractivity contribution in [1.82, 2.24) is 0 Å². The highest BCUT2D eigenvalue weighted by atomic mass is 79.9. The fourth-order valence-electron chi connectivity index (χ4n) is 1.85. The number of ether oxygens (including phenoxy) is 1. The number of halogens is 1. The number of nitrogens with zero attached hydrogens (tertiary/aromatic N) is 1. The molecule has 0 spiro atoms. The lowest BCUT2D eigenvalue weighted by molar-refractivity contribution is -0.384. The van der Waals surface area contributed by atoms with Gasteiger partial charge in [-0.2, -0.15) is 0 Å². The molecule has 1 atom stereocenters. The Morgan fingerprint density at radius 2 is 1.57 bits per heavy atom. The van der Waals surface area contributed by atoms with E-state index in [2.05, 4.69) is 15.9 Å². The van der Waals surface area contributed by atoms with Crippen molar-refractivity contribution in [1.29, 1.82) is 0 Å². The molecule has 0 radical (unpaired) electrons. The fourth-order valence-corrected chi connectivity index (χ4v) is 2.11. The Balaban J connectivity index is 2.05. The summed E-state index contributed by atoms with van der Waals surface area (Å²) in [5.74, 6) is -1.04. The van der Waals surface area contributed by atoms with Crippen LogP contribution in [0.2, 0.25) is 0 Å². The van der Waals surface area contributed by atoms with E-state index in [9.17, 15) is 19.7 Å². The predicted molar refractivity (Wildman–Crippen MR) is 86.4 cm³/mol. The van der Waals surface area contributed by atoms with Crippen LogP contribution < -0.4 is 0 Å². The third kappa shape index (κ3) is 4.23. The van der Waals surface area contributed by atoms with Gasteiger partial charge in [0, 0.05) is 22.2 Å². The minimum atomic E-state index is -0.959. The van der Waals surface area contributed by atoms with Crippen molar-refractivity contribution in [3.63, 3.8) is 0 Å². The summed E-state index contributed by atoms with van der Waals surface area (Å²) in [4.78, 5) is 34.2. The first-order valence-corrected chi connectivity index (χ1v) is 7.43. The van der Waals surface area contributed by atoms with Crippen LogP contribution >= 0.6 is 15.9 Å². The Bertz CT molecular complexity index is 740. The number of ketones is 1. The summed E-state index contributed by atoms with van der Waals surface area (Å²) >= 11 is 3.27. The molecule has 0 aromatic heterocycles. The maximum absolute atomic E-state index is 12.2.